The van der Waals surface area contributed by atoms with Gasteiger partial charge in [-0.05, 0) is 64.2 Å². The minimum atomic E-state index is -0.401. The minimum Gasteiger partial charge on any atom is -0.365 e. The van der Waals surface area contributed by atoms with E-state index in [-0.39, 0.29) is 0 Å². The zero-order valence-corrected chi connectivity index (χ0v) is 16.2. The molecular formula is C21H26N4O2. The van der Waals surface area contributed by atoms with Gasteiger partial charge in [-0.15, -0.1) is 0 Å². The lowest BCUT2D eigenvalue weighted by Crippen LogP contribution is -2.26. The topological polar surface area (TPSA) is 66.0 Å². The summed E-state index contributed by atoms with van der Waals surface area (Å²) in [5, 5.41) is 8.78. The van der Waals surface area contributed by atoms with Gasteiger partial charge in [0.1, 0.15) is 5.60 Å². The standard InChI is InChI=1S/C21H26N4O2/c1-4-26-21(10-5-6-11-21)20-22-19(24-27-20)18-9-7-8-17(13-18)14-25-16(3)12-15(2)23-25/h7-9,12-13H,4-6,10-11,14H2,1-3H3. The van der Waals surface area contributed by atoms with E-state index in [4.69, 9.17) is 14.2 Å². The van der Waals surface area contributed by atoms with Gasteiger partial charge in [0.15, 0.2) is 0 Å². The smallest absolute Gasteiger partial charge is 0.259 e. The van der Waals surface area contributed by atoms with E-state index < -0.39 is 5.60 Å². The highest BCUT2D eigenvalue weighted by atomic mass is 16.5. The Labute approximate surface area is 159 Å². The lowest BCUT2D eigenvalue weighted by molar-refractivity contribution is -0.0610. The Morgan fingerprint density at radius 3 is 2.70 bits per heavy atom. The van der Waals surface area contributed by atoms with Crippen molar-refractivity contribution in [3.63, 3.8) is 0 Å². The molecule has 1 aromatic carbocycles. The number of rotatable bonds is 6. The summed E-state index contributed by atoms with van der Waals surface area (Å²) in [5.74, 6) is 1.23. The second-order valence-electron chi connectivity index (χ2n) is 7.34. The average Bonchev–Trinajstić information content (AvgIpc) is 3.37. The van der Waals surface area contributed by atoms with Crippen LogP contribution < -0.4 is 0 Å². The molecule has 0 amide bonds. The number of aromatic nitrogens is 4. The minimum absolute atomic E-state index is 0.401. The maximum absolute atomic E-state index is 6.04. The Morgan fingerprint density at radius 1 is 1.19 bits per heavy atom. The van der Waals surface area contributed by atoms with Gasteiger partial charge in [-0.25, -0.2) is 0 Å². The largest absolute Gasteiger partial charge is 0.365 e. The van der Waals surface area contributed by atoms with Crippen LogP contribution in [-0.4, -0.2) is 26.5 Å². The third-order valence-electron chi connectivity index (χ3n) is 5.27. The molecule has 0 aliphatic heterocycles. The molecule has 1 saturated carbocycles. The van der Waals surface area contributed by atoms with Crippen molar-refractivity contribution in [3.05, 3.63) is 53.2 Å². The monoisotopic (exact) mass is 366 g/mol. The molecule has 6 nitrogen and oxygen atoms in total. The molecule has 0 saturated heterocycles. The summed E-state index contributed by atoms with van der Waals surface area (Å²) >= 11 is 0. The summed E-state index contributed by atoms with van der Waals surface area (Å²) < 4.78 is 13.7. The molecule has 2 heterocycles. The number of nitrogens with zero attached hydrogens (tertiary/aromatic N) is 4. The van der Waals surface area contributed by atoms with E-state index in [1.54, 1.807) is 0 Å². The highest BCUT2D eigenvalue weighted by molar-refractivity contribution is 5.55. The number of hydrogen-bond donors (Lipinski definition) is 0. The Kier molecular flexibility index (Phi) is 4.83. The van der Waals surface area contributed by atoms with Gasteiger partial charge >= 0.3 is 0 Å². The third kappa shape index (κ3) is 3.54. The van der Waals surface area contributed by atoms with Gasteiger partial charge in [-0.2, -0.15) is 10.1 Å². The van der Waals surface area contributed by atoms with Gasteiger partial charge in [-0.3, -0.25) is 4.68 Å². The van der Waals surface area contributed by atoms with Crippen LogP contribution in [0.3, 0.4) is 0 Å². The van der Waals surface area contributed by atoms with Crippen molar-refractivity contribution >= 4 is 0 Å². The average molecular weight is 366 g/mol. The van der Waals surface area contributed by atoms with E-state index in [1.165, 1.54) is 0 Å². The normalized spacial score (nSPS) is 16.1. The second kappa shape index (κ2) is 7.27. The van der Waals surface area contributed by atoms with Gasteiger partial charge < -0.3 is 9.26 Å². The van der Waals surface area contributed by atoms with Crippen LogP contribution in [-0.2, 0) is 16.9 Å². The fourth-order valence-corrected chi connectivity index (χ4v) is 3.98. The first kappa shape index (κ1) is 17.9. The van der Waals surface area contributed by atoms with E-state index in [2.05, 4.69) is 35.4 Å². The fraction of sp³-hybridized carbons (Fsp3) is 0.476. The zero-order chi connectivity index (χ0) is 18.9. The highest BCUT2D eigenvalue weighted by Crippen LogP contribution is 2.41. The Hall–Kier alpha value is -2.47. The Bertz CT molecular complexity index is 922. The van der Waals surface area contributed by atoms with Crippen LogP contribution in [0.1, 0.15) is 55.4 Å². The summed E-state index contributed by atoms with van der Waals surface area (Å²) in [5.41, 5.74) is 3.89. The predicted octanol–water partition coefficient (Wildman–Crippen LogP) is 4.40. The van der Waals surface area contributed by atoms with Crippen LogP contribution in [0.5, 0.6) is 0 Å². The second-order valence-corrected chi connectivity index (χ2v) is 7.34. The van der Waals surface area contributed by atoms with Gasteiger partial charge in [0.05, 0.1) is 12.2 Å². The van der Waals surface area contributed by atoms with E-state index in [0.717, 1.165) is 54.7 Å². The number of ether oxygens (including phenoxy) is 1. The van der Waals surface area contributed by atoms with Crippen molar-refractivity contribution in [1.29, 1.82) is 0 Å². The summed E-state index contributed by atoms with van der Waals surface area (Å²) in [6, 6.07) is 10.3. The molecular weight excluding hydrogens is 340 g/mol. The molecule has 142 valence electrons. The zero-order valence-electron chi connectivity index (χ0n) is 16.2. The Morgan fingerprint density at radius 2 is 2.00 bits per heavy atom. The van der Waals surface area contributed by atoms with Crippen molar-refractivity contribution in [2.45, 2.75) is 58.6 Å². The SMILES string of the molecule is CCOC1(c2nc(-c3cccc(Cn4nc(C)cc4C)c3)no2)CCCC1. The summed E-state index contributed by atoms with van der Waals surface area (Å²) in [7, 11) is 0. The lowest BCUT2D eigenvalue weighted by atomic mass is 10.0. The first-order chi connectivity index (χ1) is 13.1. The van der Waals surface area contributed by atoms with Gasteiger partial charge in [-0.1, -0.05) is 23.4 Å². The molecule has 2 aromatic heterocycles. The molecule has 0 bridgehead atoms. The van der Waals surface area contributed by atoms with Gasteiger partial charge in [0.2, 0.25) is 5.82 Å². The first-order valence-corrected chi connectivity index (χ1v) is 9.68. The molecule has 1 fully saturated rings. The van der Waals surface area contributed by atoms with Crippen LogP contribution >= 0.6 is 0 Å². The van der Waals surface area contributed by atoms with Crippen molar-refractivity contribution < 1.29 is 9.26 Å². The van der Waals surface area contributed by atoms with E-state index in [0.29, 0.717) is 18.3 Å². The molecule has 0 radical (unpaired) electrons. The van der Waals surface area contributed by atoms with Gasteiger partial charge in [0.25, 0.3) is 5.89 Å². The fourth-order valence-electron chi connectivity index (χ4n) is 3.98. The molecule has 27 heavy (non-hydrogen) atoms. The van der Waals surface area contributed by atoms with Crippen molar-refractivity contribution in [2.24, 2.45) is 0 Å². The van der Waals surface area contributed by atoms with E-state index in [1.807, 2.05) is 30.7 Å². The van der Waals surface area contributed by atoms with Crippen LogP contribution in [0.15, 0.2) is 34.9 Å². The molecule has 0 atom stereocenters. The number of hydrogen-bond acceptors (Lipinski definition) is 5. The van der Waals surface area contributed by atoms with Crippen LogP contribution in [0, 0.1) is 13.8 Å². The molecule has 0 spiro atoms. The maximum Gasteiger partial charge on any atom is 0.259 e. The van der Waals surface area contributed by atoms with Crippen LogP contribution in [0.2, 0.25) is 0 Å². The summed E-state index contributed by atoms with van der Waals surface area (Å²) in [6.45, 7) is 7.47. The first-order valence-electron chi connectivity index (χ1n) is 9.68. The van der Waals surface area contributed by atoms with Crippen molar-refractivity contribution in [3.8, 4) is 11.4 Å². The highest BCUT2D eigenvalue weighted by Gasteiger charge is 2.41. The third-order valence-corrected chi connectivity index (χ3v) is 5.27. The van der Waals surface area contributed by atoms with E-state index in [9.17, 15) is 0 Å². The van der Waals surface area contributed by atoms with E-state index >= 15 is 0 Å². The summed E-state index contributed by atoms with van der Waals surface area (Å²) in [4.78, 5) is 4.70. The lowest BCUT2D eigenvalue weighted by Gasteiger charge is -2.24. The van der Waals surface area contributed by atoms with Crippen LogP contribution in [0.4, 0.5) is 0 Å². The maximum atomic E-state index is 6.04. The van der Waals surface area contributed by atoms with Crippen molar-refractivity contribution in [2.75, 3.05) is 6.61 Å². The molecule has 4 rings (SSSR count). The molecule has 1 aliphatic carbocycles. The number of aryl methyl sites for hydroxylation is 2. The molecule has 3 aromatic rings. The number of benzene rings is 1. The van der Waals surface area contributed by atoms with Gasteiger partial charge in [0, 0.05) is 17.9 Å². The molecule has 1 aliphatic rings. The predicted molar refractivity (Wildman–Crippen MR) is 102 cm³/mol. The molecule has 6 heteroatoms. The summed E-state index contributed by atoms with van der Waals surface area (Å²) in [6.07, 6.45) is 4.16. The molecule has 0 unspecified atom stereocenters. The Balaban J connectivity index is 1.59. The van der Waals surface area contributed by atoms with Crippen LogP contribution in [0.25, 0.3) is 11.4 Å². The quantitative estimate of drug-likeness (QED) is 0.647. The molecule has 0 N–H and O–H groups in total. The van der Waals surface area contributed by atoms with Crippen molar-refractivity contribution in [1.82, 2.24) is 19.9 Å².